The summed E-state index contributed by atoms with van der Waals surface area (Å²) in [5, 5.41) is 5.07. The van der Waals surface area contributed by atoms with E-state index in [1.54, 1.807) is 30.1 Å². The lowest BCUT2D eigenvalue weighted by Gasteiger charge is -2.22. The molecule has 3 aromatic carbocycles. The van der Waals surface area contributed by atoms with Gasteiger partial charge in [0.25, 0.3) is 0 Å². The molecule has 0 amide bonds. The van der Waals surface area contributed by atoms with Crippen LogP contribution in [0.3, 0.4) is 0 Å². The third kappa shape index (κ3) is 4.82. The van der Waals surface area contributed by atoms with Crippen molar-refractivity contribution < 1.29 is 18.3 Å². The number of benzene rings is 3. The maximum Gasteiger partial charge on any atom is 0.201 e. The molecule has 5 rings (SSSR count). The maximum absolute atomic E-state index is 15.2. The Morgan fingerprint density at radius 3 is 2.60 bits per heavy atom. The Labute approximate surface area is 232 Å². The van der Waals surface area contributed by atoms with Crippen molar-refractivity contribution in [2.24, 2.45) is 4.99 Å². The van der Waals surface area contributed by atoms with Gasteiger partial charge >= 0.3 is 0 Å². The van der Waals surface area contributed by atoms with E-state index in [9.17, 15) is 9.18 Å². The van der Waals surface area contributed by atoms with E-state index in [2.05, 4.69) is 15.1 Å². The van der Waals surface area contributed by atoms with E-state index in [4.69, 9.17) is 27.1 Å². The van der Waals surface area contributed by atoms with Gasteiger partial charge in [-0.05, 0) is 36.4 Å². The minimum Gasteiger partial charge on any atom is -0.494 e. The summed E-state index contributed by atoms with van der Waals surface area (Å²) in [5.74, 6) is -2.09. The van der Waals surface area contributed by atoms with Gasteiger partial charge < -0.3 is 15.4 Å². The van der Waals surface area contributed by atoms with Gasteiger partial charge in [0.2, 0.25) is 5.82 Å². The number of halogens is 3. The van der Waals surface area contributed by atoms with Crippen LogP contribution in [0.1, 0.15) is 10.4 Å². The summed E-state index contributed by atoms with van der Waals surface area (Å²) >= 11 is 6.25. The predicted molar refractivity (Wildman–Crippen MR) is 150 cm³/mol. The molecule has 202 valence electrons. The molecule has 0 unspecified atom stereocenters. The number of ether oxygens (including phenoxy) is 1. The number of carbonyl (C=O) groups is 1. The van der Waals surface area contributed by atoms with Crippen molar-refractivity contribution in [3.05, 3.63) is 89.2 Å². The zero-order chi connectivity index (χ0) is 28.4. The van der Waals surface area contributed by atoms with Crippen LogP contribution >= 0.6 is 11.6 Å². The summed E-state index contributed by atoms with van der Waals surface area (Å²) in [6.45, 7) is 0.00339. The average molecular weight is 562 g/mol. The van der Waals surface area contributed by atoms with Crippen molar-refractivity contribution in [3.63, 3.8) is 0 Å². The van der Waals surface area contributed by atoms with Crippen LogP contribution in [-0.4, -0.2) is 46.0 Å². The summed E-state index contributed by atoms with van der Waals surface area (Å²) in [5.41, 5.74) is 7.71. The van der Waals surface area contributed by atoms with E-state index in [0.29, 0.717) is 17.8 Å². The van der Waals surface area contributed by atoms with E-state index in [1.165, 1.54) is 30.3 Å². The molecular weight excluding hydrogens is 540 g/mol. The van der Waals surface area contributed by atoms with Gasteiger partial charge in [-0.25, -0.2) is 24.0 Å². The molecule has 2 heterocycles. The van der Waals surface area contributed by atoms with E-state index in [1.807, 2.05) is 30.3 Å². The van der Waals surface area contributed by atoms with Gasteiger partial charge in [-0.15, -0.1) is 0 Å². The molecular formula is C28H22ClF2N7O2. The van der Waals surface area contributed by atoms with Crippen LogP contribution in [0.15, 0.2) is 72.0 Å². The maximum atomic E-state index is 15.2. The Bertz CT molecular complexity index is 1760. The van der Waals surface area contributed by atoms with Crippen molar-refractivity contribution >= 4 is 51.9 Å². The number of likely N-dealkylation sites (N-methyl/N-ethyl adjacent to an activating group) is 1. The highest BCUT2D eigenvalue weighted by Gasteiger charge is 2.24. The van der Waals surface area contributed by atoms with Crippen LogP contribution < -0.4 is 15.4 Å². The molecule has 0 atom stereocenters. The van der Waals surface area contributed by atoms with Gasteiger partial charge in [0.15, 0.2) is 23.5 Å². The lowest BCUT2D eigenvalue weighted by atomic mass is 10.1. The second-order valence-electron chi connectivity index (χ2n) is 8.62. The molecule has 0 spiro atoms. The van der Waals surface area contributed by atoms with Crippen molar-refractivity contribution in [2.75, 3.05) is 24.8 Å². The summed E-state index contributed by atoms with van der Waals surface area (Å²) < 4.78 is 36.2. The number of carbonyl (C=O) groups excluding carboxylic acids is 1. The number of nitrogens with zero attached hydrogens (tertiary/aromatic N) is 6. The van der Waals surface area contributed by atoms with Gasteiger partial charge in [0.05, 0.1) is 28.8 Å². The van der Waals surface area contributed by atoms with Crippen molar-refractivity contribution in [1.82, 2.24) is 19.7 Å². The summed E-state index contributed by atoms with van der Waals surface area (Å²) in [7, 11) is 3.04. The lowest BCUT2D eigenvalue weighted by molar-refractivity contribution is 0.112. The van der Waals surface area contributed by atoms with Crippen LogP contribution in [0, 0.1) is 11.6 Å². The number of amidine groups is 1. The Hall–Kier alpha value is -4.90. The van der Waals surface area contributed by atoms with Crippen LogP contribution in [-0.2, 0) is 6.54 Å². The second kappa shape index (κ2) is 11.1. The molecule has 2 N–H and O–H groups in total. The fourth-order valence-corrected chi connectivity index (χ4v) is 4.45. The topological polar surface area (TPSA) is 112 Å². The second-order valence-corrected chi connectivity index (χ2v) is 9.03. The molecule has 9 nitrogen and oxygen atoms in total. The first-order valence-corrected chi connectivity index (χ1v) is 12.3. The fourth-order valence-electron chi connectivity index (χ4n) is 4.23. The minimum absolute atomic E-state index is 0.00339. The Balaban J connectivity index is 1.70. The van der Waals surface area contributed by atoms with E-state index < -0.39 is 11.6 Å². The van der Waals surface area contributed by atoms with Gasteiger partial charge in [-0.2, -0.15) is 9.49 Å². The highest BCUT2D eigenvalue weighted by atomic mass is 35.5. The van der Waals surface area contributed by atoms with Crippen molar-refractivity contribution in [1.29, 1.82) is 0 Å². The van der Waals surface area contributed by atoms with E-state index in [-0.39, 0.29) is 51.0 Å². The standard InChI is InChI=1S/C28H22ClF2N7O2/c1-37(16-7-4-3-5-8-16)22(35-20-10-6-9-19(29)18(20)14-39)13-38-28-23(27(32)33-15-34-28)26(36-38)17-11-12-21(40-2)25(31)24(17)30/h3-12,14-15H,13H2,1-2H3,(H2,32,33,34). The number of aliphatic imine (C=N–C) groups is 1. The first-order chi connectivity index (χ1) is 19.3. The number of nitrogens with two attached hydrogens (primary N) is 1. The number of aldehydes is 1. The average Bonchev–Trinajstić information content (AvgIpc) is 3.33. The smallest absolute Gasteiger partial charge is 0.201 e. The van der Waals surface area contributed by atoms with Gasteiger partial charge in [-0.1, -0.05) is 35.9 Å². The first kappa shape index (κ1) is 26.7. The first-order valence-electron chi connectivity index (χ1n) is 11.9. The molecule has 40 heavy (non-hydrogen) atoms. The number of hydrogen-bond donors (Lipinski definition) is 1. The largest absolute Gasteiger partial charge is 0.494 e. The Morgan fingerprint density at radius 1 is 1.10 bits per heavy atom. The number of hydrogen-bond acceptors (Lipinski definition) is 7. The Kier molecular flexibility index (Phi) is 7.39. The molecule has 0 saturated carbocycles. The number of nitrogen functional groups attached to an aromatic ring is 1. The van der Waals surface area contributed by atoms with Crippen LogP contribution in [0.4, 0.5) is 26.0 Å². The normalized spacial score (nSPS) is 11.6. The van der Waals surface area contributed by atoms with Crippen LogP contribution in [0.5, 0.6) is 5.75 Å². The molecule has 0 aliphatic carbocycles. The molecule has 0 radical (unpaired) electrons. The zero-order valence-electron chi connectivity index (χ0n) is 21.3. The van der Waals surface area contributed by atoms with E-state index in [0.717, 1.165) is 5.69 Å². The molecule has 0 bridgehead atoms. The number of fused-ring (bicyclic) bond motifs is 1. The third-order valence-electron chi connectivity index (χ3n) is 6.30. The molecule has 2 aromatic heterocycles. The van der Waals surface area contributed by atoms with Gasteiger partial charge in [0, 0.05) is 18.3 Å². The fraction of sp³-hybridized carbons (Fsp3) is 0.107. The van der Waals surface area contributed by atoms with Gasteiger partial charge in [0.1, 0.15) is 30.2 Å². The van der Waals surface area contributed by atoms with Crippen LogP contribution in [0.25, 0.3) is 22.3 Å². The predicted octanol–water partition coefficient (Wildman–Crippen LogP) is 5.69. The molecule has 5 aromatic rings. The molecule has 12 heteroatoms. The summed E-state index contributed by atoms with van der Waals surface area (Å²) in [4.78, 5) is 26.8. The van der Waals surface area contributed by atoms with Crippen molar-refractivity contribution in [2.45, 2.75) is 6.54 Å². The van der Waals surface area contributed by atoms with E-state index >= 15 is 4.39 Å². The number of methoxy groups -OCH3 is 1. The summed E-state index contributed by atoms with van der Waals surface area (Å²) in [6, 6.07) is 17.0. The SMILES string of the molecule is COc1ccc(-c2nn(CC(=Nc3cccc(Cl)c3C=O)N(C)c3ccccc3)c3ncnc(N)c23)c(F)c1F. The molecule has 0 fully saturated rings. The third-order valence-corrected chi connectivity index (χ3v) is 6.63. The number of anilines is 2. The molecule has 0 aliphatic rings. The number of para-hydroxylation sites is 1. The quantitative estimate of drug-likeness (QED) is 0.154. The monoisotopic (exact) mass is 561 g/mol. The molecule has 0 saturated heterocycles. The number of aromatic nitrogens is 4. The highest BCUT2D eigenvalue weighted by Crippen LogP contribution is 2.35. The zero-order valence-corrected chi connectivity index (χ0v) is 22.1. The summed E-state index contributed by atoms with van der Waals surface area (Å²) in [6.07, 6.45) is 1.89. The van der Waals surface area contributed by atoms with Crippen molar-refractivity contribution in [3.8, 4) is 17.0 Å². The highest BCUT2D eigenvalue weighted by molar-refractivity contribution is 6.33. The van der Waals surface area contributed by atoms with Gasteiger partial charge in [-0.3, -0.25) is 4.79 Å². The Morgan fingerprint density at radius 2 is 1.88 bits per heavy atom. The minimum atomic E-state index is -1.16. The number of rotatable bonds is 7. The molecule has 0 aliphatic heterocycles. The lowest BCUT2D eigenvalue weighted by Crippen LogP contribution is -2.30. The van der Waals surface area contributed by atoms with Crippen LogP contribution in [0.2, 0.25) is 5.02 Å².